The Bertz CT molecular complexity index is 621. The maximum atomic E-state index is 12.9. The maximum Gasteiger partial charge on any atom is 0.313 e. The van der Waals surface area contributed by atoms with Gasteiger partial charge in [-0.2, -0.15) is 0 Å². The molecule has 3 nitrogen and oxygen atoms in total. The third-order valence-electron chi connectivity index (χ3n) is 3.26. The summed E-state index contributed by atoms with van der Waals surface area (Å²) in [5, 5.41) is 12.5. The van der Waals surface area contributed by atoms with Gasteiger partial charge in [0.25, 0.3) is 0 Å². The molecule has 0 fully saturated rings. The standard InChI is InChI=1S/C16H16FNO2/c1-16(2,15(19)20)13-5-3-4-6-14(13)18-12-9-7-11(17)8-10-12/h3-10,18H,1-2H3,(H,19,20). The Balaban J connectivity index is 2.38. The van der Waals surface area contributed by atoms with Gasteiger partial charge in [-0.25, -0.2) is 4.39 Å². The van der Waals surface area contributed by atoms with Crippen LogP contribution in [0.3, 0.4) is 0 Å². The highest BCUT2D eigenvalue weighted by Gasteiger charge is 2.31. The van der Waals surface area contributed by atoms with Crippen molar-refractivity contribution in [3.8, 4) is 0 Å². The van der Waals surface area contributed by atoms with Gasteiger partial charge in [0.05, 0.1) is 5.41 Å². The Morgan fingerprint density at radius 3 is 2.30 bits per heavy atom. The topological polar surface area (TPSA) is 49.3 Å². The van der Waals surface area contributed by atoms with Crippen molar-refractivity contribution in [1.82, 2.24) is 0 Å². The van der Waals surface area contributed by atoms with Gasteiger partial charge in [-0.15, -0.1) is 0 Å². The van der Waals surface area contributed by atoms with Gasteiger partial charge in [-0.1, -0.05) is 18.2 Å². The molecule has 104 valence electrons. The lowest BCUT2D eigenvalue weighted by Crippen LogP contribution is -2.29. The molecule has 0 radical (unpaired) electrons. The van der Waals surface area contributed by atoms with Crippen LogP contribution in [0, 0.1) is 5.82 Å². The van der Waals surface area contributed by atoms with E-state index in [9.17, 15) is 14.3 Å². The average molecular weight is 273 g/mol. The van der Waals surface area contributed by atoms with Crippen LogP contribution in [0.15, 0.2) is 48.5 Å². The lowest BCUT2D eigenvalue weighted by atomic mass is 9.83. The van der Waals surface area contributed by atoms with Crippen LogP contribution in [0.25, 0.3) is 0 Å². The molecule has 0 aromatic heterocycles. The van der Waals surface area contributed by atoms with E-state index in [2.05, 4.69) is 5.32 Å². The summed E-state index contributed by atoms with van der Waals surface area (Å²) in [7, 11) is 0. The van der Waals surface area contributed by atoms with Gasteiger partial charge in [0.2, 0.25) is 0 Å². The third-order valence-corrected chi connectivity index (χ3v) is 3.26. The minimum absolute atomic E-state index is 0.310. The van der Waals surface area contributed by atoms with Gasteiger partial charge >= 0.3 is 5.97 Å². The van der Waals surface area contributed by atoms with E-state index in [0.717, 1.165) is 0 Å². The first-order chi connectivity index (χ1) is 9.41. The summed E-state index contributed by atoms with van der Waals surface area (Å²) in [6, 6.07) is 13.1. The number of benzene rings is 2. The van der Waals surface area contributed by atoms with Crippen molar-refractivity contribution in [2.45, 2.75) is 19.3 Å². The van der Waals surface area contributed by atoms with Crippen molar-refractivity contribution in [1.29, 1.82) is 0 Å². The van der Waals surface area contributed by atoms with Gasteiger partial charge in [0, 0.05) is 11.4 Å². The van der Waals surface area contributed by atoms with Crippen molar-refractivity contribution in [2.24, 2.45) is 0 Å². The molecular formula is C16H16FNO2. The first-order valence-electron chi connectivity index (χ1n) is 6.27. The molecule has 4 heteroatoms. The normalized spacial score (nSPS) is 11.2. The number of aliphatic carboxylic acids is 1. The highest BCUT2D eigenvalue weighted by atomic mass is 19.1. The first kappa shape index (κ1) is 14.1. The molecule has 2 N–H and O–H groups in total. The van der Waals surface area contributed by atoms with E-state index in [1.54, 1.807) is 38.1 Å². The Morgan fingerprint density at radius 2 is 1.70 bits per heavy atom. The van der Waals surface area contributed by atoms with Crippen LogP contribution in [-0.2, 0) is 10.2 Å². The fourth-order valence-corrected chi connectivity index (χ4v) is 1.94. The van der Waals surface area contributed by atoms with Crippen molar-refractivity contribution >= 4 is 17.3 Å². The van der Waals surface area contributed by atoms with Crippen LogP contribution in [0.2, 0.25) is 0 Å². The molecule has 0 aliphatic rings. The van der Waals surface area contributed by atoms with E-state index in [-0.39, 0.29) is 5.82 Å². The molecule has 2 aromatic carbocycles. The van der Waals surface area contributed by atoms with Gasteiger partial charge in [0.15, 0.2) is 0 Å². The van der Waals surface area contributed by atoms with Crippen LogP contribution >= 0.6 is 0 Å². The summed E-state index contributed by atoms with van der Waals surface area (Å²) in [6.07, 6.45) is 0. The van der Waals surface area contributed by atoms with E-state index in [4.69, 9.17) is 0 Å². The molecule has 0 aliphatic carbocycles. The second kappa shape index (κ2) is 5.33. The monoisotopic (exact) mass is 273 g/mol. The van der Waals surface area contributed by atoms with Crippen molar-refractivity contribution in [3.05, 3.63) is 59.9 Å². The lowest BCUT2D eigenvalue weighted by molar-refractivity contribution is -0.142. The third kappa shape index (κ3) is 2.79. The predicted molar refractivity (Wildman–Crippen MR) is 76.8 cm³/mol. The van der Waals surface area contributed by atoms with Crippen molar-refractivity contribution in [2.75, 3.05) is 5.32 Å². The van der Waals surface area contributed by atoms with E-state index in [1.165, 1.54) is 12.1 Å². The Kier molecular flexibility index (Phi) is 3.74. The zero-order chi connectivity index (χ0) is 14.8. The largest absolute Gasteiger partial charge is 0.481 e. The van der Waals surface area contributed by atoms with Crippen LogP contribution in [0.4, 0.5) is 15.8 Å². The lowest BCUT2D eigenvalue weighted by Gasteiger charge is -2.23. The zero-order valence-electron chi connectivity index (χ0n) is 11.4. The maximum absolute atomic E-state index is 12.9. The summed E-state index contributed by atoms with van der Waals surface area (Å²) in [4.78, 5) is 11.4. The van der Waals surface area contributed by atoms with Crippen molar-refractivity contribution < 1.29 is 14.3 Å². The van der Waals surface area contributed by atoms with E-state index >= 15 is 0 Å². The fraction of sp³-hybridized carbons (Fsp3) is 0.188. The number of rotatable bonds is 4. The molecular weight excluding hydrogens is 257 g/mol. The molecule has 0 saturated heterocycles. The second-order valence-electron chi connectivity index (χ2n) is 5.11. The Labute approximate surface area is 117 Å². The Hall–Kier alpha value is -2.36. The quantitative estimate of drug-likeness (QED) is 0.887. The summed E-state index contributed by atoms with van der Waals surface area (Å²) in [5.41, 5.74) is 1.08. The van der Waals surface area contributed by atoms with Crippen LogP contribution in [0.1, 0.15) is 19.4 Å². The molecule has 0 heterocycles. The van der Waals surface area contributed by atoms with Gasteiger partial charge in [-0.05, 0) is 49.7 Å². The summed E-state index contributed by atoms with van der Waals surface area (Å²) < 4.78 is 12.9. The molecule has 2 rings (SSSR count). The van der Waals surface area contributed by atoms with Crippen LogP contribution < -0.4 is 5.32 Å². The summed E-state index contributed by atoms with van der Waals surface area (Å²) >= 11 is 0. The number of carbonyl (C=O) groups is 1. The molecule has 0 amide bonds. The molecule has 0 unspecified atom stereocenters. The molecule has 2 aromatic rings. The average Bonchev–Trinajstić information content (AvgIpc) is 2.41. The molecule has 0 atom stereocenters. The molecule has 0 saturated carbocycles. The van der Waals surface area contributed by atoms with E-state index < -0.39 is 11.4 Å². The SMILES string of the molecule is CC(C)(C(=O)O)c1ccccc1Nc1ccc(F)cc1. The van der Waals surface area contributed by atoms with Crippen LogP contribution in [0.5, 0.6) is 0 Å². The predicted octanol–water partition coefficient (Wildman–Crippen LogP) is 3.93. The van der Waals surface area contributed by atoms with E-state index in [0.29, 0.717) is 16.9 Å². The zero-order valence-corrected chi connectivity index (χ0v) is 11.4. The molecule has 0 aliphatic heterocycles. The van der Waals surface area contributed by atoms with Gasteiger partial charge in [0.1, 0.15) is 5.82 Å². The minimum Gasteiger partial charge on any atom is -0.481 e. The van der Waals surface area contributed by atoms with Crippen LogP contribution in [-0.4, -0.2) is 11.1 Å². The number of halogens is 1. The molecule has 0 spiro atoms. The number of carboxylic acid groups (broad SMARTS) is 1. The fourth-order valence-electron chi connectivity index (χ4n) is 1.94. The minimum atomic E-state index is -1.01. The number of hydrogen-bond acceptors (Lipinski definition) is 2. The summed E-state index contributed by atoms with van der Waals surface area (Å²) in [5.74, 6) is -1.21. The first-order valence-corrected chi connectivity index (χ1v) is 6.27. The smallest absolute Gasteiger partial charge is 0.313 e. The Morgan fingerprint density at radius 1 is 1.10 bits per heavy atom. The number of hydrogen-bond donors (Lipinski definition) is 2. The number of carboxylic acids is 1. The van der Waals surface area contributed by atoms with Gasteiger partial charge < -0.3 is 10.4 Å². The summed E-state index contributed by atoms with van der Waals surface area (Å²) in [6.45, 7) is 3.31. The number of para-hydroxylation sites is 1. The number of nitrogens with one attached hydrogen (secondary N) is 1. The van der Waals surface area contributed by atoms with Crippen molar-refractivity contribution in [3.63, 3.8) is 0 Å². The van der Waals surface area contributed by atoms with Gasteiger partial charge in [-0.3, -0.25) is 4.79 Å². The van der Waals surface area contributed by atoms with E-state index in [1.807, 2.05) is 12.1 Å². The molecule has 0 bridgehead atoms. The highest BCUT2D eigenvalue weighted by molar-refractivity contribution is 5.83. The number of anilines is 2. The highest BCUT2D eigenvalue weighted by Crippen LogP contribution is 2.32. The molecule has 20 heavy (non-hydrogen) atoms. The second-order valence-corrected chi connectivity index (χ2v) is 5.11.